The molecule has 1 aliphatic rings. The minimum atomic E-state index is -1.61. The number of hydrogen-bond acceptors (Lipinski definition) is 13. The number of phenolic OH excluding ortho intramolecular Hbond substituents is 2. The highest BCUT2D eigenvalue weighted by atomic mass is 16.8. The van der Waals surface area contributed by atoms with Crippen LogP contribution in [0.3, 0.4) is 0 Å². The zero-order valence-corrected chi connectivity index (χ0v) is 36.7. The van der Waals surface area contributed by atoms with E-state index < -0.39 is 108 Å². The number of aliphatic hydroxyl groups excluding tert-OH is 1. The van der Waals surface area contributed by atoms with E-state index in [1.807, 2.05) is 0 Å². The van der Waals surface area contributed by atoms with Gasteiger partial charge in [0.25, 0.3) is 0 Å². The molecule has 0 spiro atoms. The Hall–Kier alpha value is -5.99. The largest absolute Gasteiger partial charge is 0.507 e. The average molecular weight is 886 g/mol. The van der Waals surface area contributed by atoms with Crippen LogP contribution in [0.2, 0.25) is 0 Å². The molecule has 20 nitrogen and oxygen atoms in total. The lowest BCUT2D eigenvalue weighted by molar-refractivity contribution is -0.143. The maximum absolute atomic E-state index is 13.9. The summed E-state index contributed by atoms with van der Waals surface area (Å²) in [5.74, 6) is -6.71. The number of phenols is 2. The number of carbonyl (C=O) groups excluding carboxylic acids is 6. The molecule has 0 saturated heterocycles. The van der Waals surface area contributed by atoms with Crippen LogP contribution in [0.1, 0.15) is 103 Å². The first kappa shape index (κ1) is 51.4. The van der Waals surface area contributed by atoms with E-state index in [9.17, 15) is 64.4 Å². The van der Waals surface area contributed by atoms with E-state index in [4.69, 9.17) is 0 Å². The fourth-order valence-corrected chi connectivity index (χ4v) is 7.14. The Morgan fingerprint density at radius 3 is 2.06 bits per heavy atom. The van der Waals surface area contributed by atoms with Gasteiger partial charge >= 0.3 is 5.97 Å². The molecule has 2 aromatic carbocycles. The van der Waals surface area contributed by atoms with E-state index in [-0.39, 0.29) is 34.6 Å². The number of hydrogen-bond donors (Lipinski definition) is 10. The maximum Gasteiger partial charge on any atom is 0.326 e. The number of carbonyl (C=O) groups is 7. The number of aliphatic hydroxyl groups is 1. The van der Waals surface area contributed by atoms with Crippen LogP contribution in [0.5, 0.6) is 11.5 Å². The van der Waals surface area contributed by atoms with Gasteiger partial charge in [-0.15, -0.1) is 5.23 Å². The molecule has 3 rings (SSSR count). The highest BCUT2D eigenvalue weighted by molar-refractivity contribution is 5.96. The van der Waals surface area contributed by atoms with E-state index in [1.165, 1.54) is 65.4 Å². The topological polar surface area (TPSA) is 299 Å². The van der Waals surface area contributed by atoms with Gasteiger partial charge in [-0.1, -0.05) is 64.9 Å². The third-order valence-corrected chi connectivity index (χ3v) is 11.0. The molecule has 63 heavy (non-hydrogen) atoms. The minimum absolute atomic E-state index is 0.0219. The van der Waals surface area contributed by atoms with Gasteiger partial charge in [0.1, 0.15) is 41.6 Å². The number of benzene rings is 2. The van der Waals surface area contributed by atoms with Crippen molar-refractivity contribution in [3.63, 3.8) is 0 Å². The Bertz CT molecular complexity index is 1960. The van der Waals surface area contributed by atoms with Crippen molar-refractivity contribution in [2.45, 2.75) is 122 Å². The van der Waals surface area contributed by atoms with Gasteiger partial charge in [-0.05, 0) is 61.6 Å². The number of amides is 6. The van der Waals surface area contributed by atoms with Gasteiger partial charge in [-0.25, -0.2) is 4.79 Å². The summed E-state index contributed by atoms with van der Waals surface area (Å²) in [4.78, 5) is 94.1. The third-order valence-electron chi connectivity index (χ3n) is 11.0. The molecule has 1 aliphatic heterocycles. The molecule has 5 unspecified atom stereocenters. The lowest BCUT2D eigenvalue weighted by Gasteiger charge is -2.30. The van der Waals surface area contributed by atoms with E-state index in [2.05, 4.69) is 35.1 Å². The Labute approximate surface area is 366 Å². The second-order valence-corrected chi connectivity index (χ2v) is 16.4. The number of rotatable bonds is 20. The molecule has 4 bridgehead atoms. The molecule has 1 heterocycles. The van der Waals surface area contributed by atoms with Gasteiger partial charge in [0.05, 0.1) is 13.2 Å². The van der Waals surface area contributed by atoms with Crippen molar-refractivity contribution >= 4 is 47.1 Å². The average Bonchev–Trinajstić information content (AvgIpc) is 3.22. The summed E-state index contributed by atoms with van der Waals surface area (Å²) >= 11 is 0. The summed E-state index contributed by atoms with van der Waals surface area (Å²) in [6, 6.07) is -1.14. The first-order chi connectivity index (χ1) is 29.7. The number of carboxylic acids is 1. The quantitative estimate of drug-likeness (QED) is 0.0673. The zero-order chi connectivity index (χ0) is 47.1. The smallest absolute Gasteiger partial charge is 0.326 e. The van der Waals surface area contributed by atoms with Gasteiger partial charge in [0.2, 0.25) is 35.4 Å². The van der Waals surface area contributed by atoms with Gasteiger partial charge < -0.3 is 51.5 Å². The van der Waals surface area contributed by atoms with Crippen LogP contribution in [0, 0.1) is 5.92 Å². The monoisotopic (exact) mass is 885 g/mol. The molecule has 348 valence electrons. The highest BCUT2D eigenvalue weighted by Crippen LogP contribution is 2.43. The van der Waals surface area contributed by atoms with E-state index >= 15 is 0 Å². The maximum atomic E-state index is 13.9. The van der Waals surface area contributed by atoms with Crippen molar-refractivity contribution in [1.29, 1.82) is 0 Å². The molecule has 0 saturated carbocycles. The van der Waals surface area contributed by atoms with Gasteiger partial charge in [-0.2, -0.15) is 0 Å². The molecule has 0 fully saturated rings. The van der Waals surface area contributed by atoms with Crippen LogP contribution in [0.25, 0.3) is 11.1 Å². The predicted octanol–water partition coefficient (Wildman–Crippen LogP) is 2.09. The van der Waals surface area contributed by atoms with Crippen molar-refractivity contribution in [2.24, 2.45) is 5.92 Å². The number of nitrogens with zero attached hydrogens (tertiary/aromatic N) is 3. The molecule has 0 aliphatic carbocycles. The standard InChI is InChI=1S/C43H63N7O13/c1-24(2)14-12-10-8-7-9-11-13-15-35(53)48(5)33(23-51)41(58)45-25(3)39(56)44-22-36(54)49(6)37-28-16-17-34(52)29(21-28)30-18-27(20-32(38(30)55)50(62)63)19-31(43(60)61)47-40(57)26(4)46-42(37)59/h16-18,20-21,24-26,31,33,37,51-52,55,62-63H,7-15,19,22-23H2,1-6H3,(H,44,56)(H,45,58)(H,46,59)(H,47,57)(H,60,61). The second kappa shape index (κ2) is 24.0. The number of nitrogens with one attached hydrogen (secondary N) is 4. The zero-order valence-electron chi connectivity index (χ0n) is 36.7. The molecule has 0 aromatic heterocycles. The van der Waals surface area contributed by atoms with Crippen molar-refractivity contribution in [3.8, 4) is 22.6 Å². The Kier molecular flexibility index (Phi) is 19.6. The lowest BCUT2D eigenvalue weighted by Crippen LogP contribution is -2.55. The van der Waals surface area contributed by atoms with Crippen LogP contribution in [-0.4, -0.2) is 133 Å². The molecule has 0 radical (unpaired) electrons. The van der Waals surface area contributed by atoms with Gasteiger partial charge in [0, 0.05) is 38.1 Å². The Morgan fingerprint density at radius 1 is 0.825 bits per heavy atom. The van der Waals surface area contributed by atoms with Crippen molar-refractivity contribution in [1.82, 2.24) is 31.1 Å². The summed E-state index contributed by atoms with van der Waals surface area (Å²) in [7, 11) is 2.61. The van der Waals surface area contributed by atoms with Crippen LogP contribution in [0.15, 0.2) is 30.3 Å². The number of carboxylic acid groups (broad SMARTS) is 1. The van der Waals surface area contributed by atoms with E-state index in [0.717, 1.165) is 47.6 Å². The first-order valence-corrected chi connectivity index (χ1v) is 21.1. The Morgan fingerprint density at radius 2 is 1.46 bits per heavy atom. The van der Waals surface area contributed by atoms with Crippen molar-refractivity contribution in [3.05, 3.63) is 41.5 Å². The van der Waals surface area contributed by atoms with E-state index in [1.54, 1.807) is 0 Å². The lowest BCUT2D eigenvalue weighted by atomic mass is 9.93. The number of aromatic hydroxyl groups is 2. The van der Waals surface area contributed by atoms with Crippen LogP contribution >= 0.6 is 0 Å². The number of unbranched alkanes of at least 4 members (excludes halogenated alkanes) is 6. The number of aliphatic carboxylic acids is 1. The predicted molar refractivity (Wildman–Crippen MR) is 228 cm³/mol. The SMILES string of the molecule is CC(C)CCCCCCCCCC(=O)N(C)C(CO)C(=O)NC(C)C(=O)NCC(=O)N(C)C1C(=O)NC(C)C(=O)NC(C(=O)O)Cc2cc(c(O)c(N(O)O)c2)-c2cc1ccc2O. The first-order valence-electron chi connectivity index (χ1n) is 21.1. The van der Waals surface area contributed by atoms with Crippen molar-refractivity contribution < 1.29 is 64.4 Å². The van der Waals surface area contributed by atoms with Gasteiger partial charge in [0.15, 0.2) is 5.75 Å². The molecule has 2 aromatic rings. The highest BCUT2D eigenvalue weighted by Gasteiger charge is 2.34. The number of fused-ring (bicyclic) bond motifs is 5. The molecular formula is C43H63N7O13. The Balaban J connectivity index is 1.74. The van der Waals surface area contributed by atoms with Crippen LogP contribution in [-0.2, 0) is 40.0 Å². The van der Waals surface area contributed by atoms with Crippen molar-refractivity contribution in [2.75, 3.05) is 32.5 Å². The molecule has 10 N–H and O–H groups in total. The number of likely N-dealkylation sites (N-methyl/N-ethyl adjacent to an activating group) is 2. The van der Waals surface area contributed by atoms with Gasteiger partial charge in [-0.3, -0.25) is 39.2 Å². The fraction of sp³-hybridized carbons (Fsp3) is 0.558. The summed E-state index contributed by atoms with van der Waals surface area (Å²) in [5.41, 5.74) is -0.918. The van der Waals surface area contributed by atoms with Crippen LogP contribution in [0.4, 0.5) is 5.69 Å². The summed E-state index contributed by atoms with van der Waals surface area (Å²) in [5, 5.41) is 70.8. The molecule has 6 amide bonds. The molecular weight excluding hydrogens is 823 g/mol. The molecule has 20 heteroatoms. The normalized spacial score (nSPS) is 17.3. The summed E-state index contributed by atoms with van der Waals surface area (Å²) in [6.45, 7) is 5.59. The minimum Gasteiger partial charge on any atom is -0.507 e. The third kappa shape index (κ3) is 14.5. The molecule has 5 atom stereocenters. The number of anilines is 1. The summed E-state index contributed by atoms with van der Waals surface area (Å²) in [6.07, 6.45) is 8.06. The second-order valence-electron chi connectivity index (χ2n) is 16.4. The summed E-state index contributed by atoms with van der Waals surface area (Å²) < 4.78 is 0. The van der Waals surface area contributed by atoms with Crippen LogP contribution < -0.4 is 26.5 Å². The fourth-order valence-electron chi connectivity index (χ4n) is 7.14. The van der Waals surface area contributed by atoms with E-state index in [0.29, 0.717) is 12.3 Å².